The minimum Gasteiger partial charge on any atom is -0.469 e. The Morgan fingerprint density at radius 1 is 1.45 bits per heavy atom. The molecule has 0 radical (unpaired) electrons. The average molecular weight is 330 g/mol. The van der Waals surface area contributed by atoms with Crippen molar-refractivity contribution in [3.63, 3.8) is 0 Å². The zero-order valence-electron chi connectivity index (χ0n) is 13.0. The second kappa shape index (κ2) is 8.19. The van der Waals surface area contributed by atoms with Gasteiger partial charge in [0.15, 0.2) is 0 Å². The maximum Gasteiger partial charge on any atom is 0.255 e. The van der Waals surface area contributed by atoms with E-state index in [1.807, 2.05) is 11.8 Å². The molecule has 0 aromatic carbocycles. The molecule has 0 spiro atoms. The van der Waals surface area contributed by atoms with Gasteiger partial charge in [0.1, 0.15) is 5.76 Å². The third kappa shape index (κ3) is 4.74. The molecule has 124 valence electrons. The summed E-state index contributed by atoms with van der Waals surface area (Å²) in [4.78, 5) is 25.8. The van der Waals surface area contributed by atoms with Gasteiger partial charge in [0, 0.05) is 31.6 Å². The maximum absolute atomic E-state index is 12.1. The van der Waals surface area contributed by atoms with Crippen molar-refractivity contribution in [3.05, 3.63) is 23.7 Å². The smallest absolute Gasteiger partial charge is 0.255 e. The molecule has 2 amide bonds. The zero-order valence-corrected chi connectivity index (χ0v) is 13.8. The van der Waals surface area contributed by atoms with Crippen LogP contribution in [0.15, 0.2) is 16.7 Å². The van der Waals surface area contributed by atoms with E-state index in [9.17, 15) is 9.59 Å². The Morgan fingerprint density at radius 3 is 2.59 bits per heavy atom. The summed E-state index contributed by atoms with van der Waals surface area (Å²) < 4.78 is 5.13. The molecule has 7 heteroatoms. The van der Waals surface area contributed by atoms with E-state index in [0.29, 0.717) is 30.8 Å². The number of furan rings is 1. The van der Waals surface area contributed by atoms with Crippen LogP contribution in [0.5, 0.6) is 0 Å². The molecule has 2 heterocycles. The predicted octanol–water partition coefficient (Wildman–Crippen LogP) is 1.47. The summed E-state index contributed by atoms with van der Waals surface area (Å²) in [7, 11) is 0. The number of rotatable bonds is 4. The van der Waals surface area contributed by atoms with Crippen LogP contribution in [0, 0.1) is 6.92 Å². The number of hydrogen-bond acceptors (Lipinski definition) is 4. The minimum atomic E-state index is -0.112. The van der Waals surface area contributed by atoms with Gasteiger partial charge in [-0.3, -0.25) is 9.59 Å². The molecular weight excluding hydrogens is 306 g/mol. The Hall–Kier alpha value is -1.53. The molecule has 1 unspecified atom stereocenters. The first-order valence-electron chi connectivity index (χ1n) is 7.35. The quantitative estimate of drug-likeness (QED) is 0.875. The summed E-state index contributed by atoms with van der Waals surface area (Å²) in [5, 5.41) is 3.00. The molecule has 0 aliphatic carbocycles. The number of nitrogens with one attached hydrogen (secondary N) is 1. The van der Waals surface area contributed by atoms with E-state index in [0.717, 1.165) is 12.8 Å². The third-order valence-corrected chi connectivity index (χ3v) is 3.78. The Balaban J connectivity index is 0.00000242. The number of likely N-dealkylation sites (tertiary alicyclic amines) is 1. The highest BCUT2D eigenvalue weighted by Gasteiger charge is 2.25. The standard InChI is InChI=1S/C15H23N3O3.ClH/c1-10(16)9-14(19)18-6-3-12(4-7-18)17-15(20)13-5-8-21-11(13)2;/h5,8,10,12H,3-4,6-7,9,16H2,1-2H3,(H,17,20);1H. The number of carbonyl (C=O) groups is 2. The van der Waals surface area contributed by atoms with Gasteiger partial charge >= 0.3 is 0 Å². The summed E-state index contributed by atoms with van der Waals surface area (Å²) >= 11 is 0. The van der Waals surface area contributed by atoms with Crippen LogP contribution < -0.4 is 11.1 Å². The molecule has 1 atom stereocenters. The summed E-state index contributed by atoms with van der Waals surface area (Å²) in [6, 6.07) is 1.66. The van der Waals surface area contributed by atoms with Crippen molar-refractivity contribution >= 4 is 24.2 Å². The van der Waals surface area contributed by atoms with Crippen molar-refractivity contribution in [1.82, 2.24) is 10.2 Å². The fraction of sp³-hybridized carbons (Fsp3) is 0.600. The van der Waals surface area contributed by atoms with Gasteiger partial charge in [-0.25, -0.2) is 0 Å². The molecule has 1 aromatic rings. The van der Waals surface area contributed by atoms with Gasteiger partial charge in [-0.15, -0.1) is 12.4 Å². The zero-order chi connectivity index (χ0) is 15.4. The first-order valence-corrected chi connectivity index (χ1v) is 7.35. The predicted molar refractivity (Wildman–Crippen MR) is 86.0 cm³/mol. The molecule has 0 bridgehead atoms. The highest BCUT2D eigenvalue weighted by atomic mass is 35.5. The van der Waals surface area contributed by atoms with Crippen molar-refractivity contribution < 1.29 is 14.0 Å². The van der Waals surface area contributed by atoms with Gasteiger partial charge in [-0.05, 0) is 32.8 Å². The highest BCUT2D eigenvalue weighted by molar-refractivity contribution is 5.95. The van der Waals surface area contributed by atoms with E-state index in [1.165, 1.54) is 6.26 Å². The third-order valence-electron chi connectivity index (χ3n) is 3.78. The van der Waals surface area contributed by atoms with Gasteiger partial charge in [0.25, 0.3) is 5.91 Å². The number of halogens is 1. The number of amides is 2. The van der Waals surface area contributed by atoms with Crippen LogP contribution in [0.2, 0.25) is 0 Å². The molecule has 22 heavy (non-hydrogen) atoms. The molecule has 2 rings (SSSR count). The number of piperidine rings is 1. The van der Waals surface area contributed by atoms with Crippen molar-refractivity contribution in [1.29, 1.82) is 0 Å². The van der Waals surface area contributed by atoms with E-state index in [2.05, 4.69) is 5.32 Å². The molecule has 1 aromatic heterocycles. The number of nitrogens with two attached hydrogens (primary N) is 1. The van der Waals surface area contributed by atoms with Gasteiger partial charge in [0.05, 0.1) is 11.8 Å². The lowest BCUT2D eigenvalue weighted by atomic mass is 10.0. The van der Waals surface area contributed by atoms with Crippen molar-refractivity contribution in [2.75, 3.05) is 13.1 Å². The number of hydrogen-bond donors (Lipinski definition) is 2. The fourth-order valence-electron chi connectivity index (χ4n) is 2.56. The molecule has 0 saturated carbocycles. The summed E-state index contributed by atoms with van der Waals surface area (Å²) in [5.41, 5.74) is 6.22. The first-order chi connectivity index (χ1) is 9.97. The molecule has 3 N–H and O–H groups in total. The van der Waals surface area contributed by atoms with Crippen LogP contribution in [0.25, 0.3) is 0 Å². The molecule has 6 nitrogen and oxygen atoms in total. The lowest BCUT2D eigenvalue weighted by Crippen LogP contribution is -2.47. The van der Waals surface area contributed by atoms with Gasteiger partial charge in [-0.1, -0.05) is 0 Å². The Kier molecular flexibility index (Phi) is 6.90. The lowest BCUT2D eigenvalue weighted by Gasteiger charge is -2.32. The maximum atomic E-state index is 12.1. The minimum absolute atomic E-state index is 0. The van der Waals surface area contributed by atoms with Crippen LogP contribution in [-0.2, 0) is 4.79 Å². The van der Waals surface area contributed by atoms with E-state index in [4.69, 9.17) is 10.2 Å². The Bertz CT molecular complexity index is 508. The monoisotopic (exact) mass is 329 g/mol. The van der Waals surface area contributed by atoms with Gasteiger partial charge < -0.3 is 20.4 Å². The van der Waals surface area contributed by atoms with Crippen LogP contribution in [0.3, 0.4) is 0 Å². The molecule has 1 saturated heterocycles. The van der Waals surface area contributed by atoms with Gasteiger partial charge in [-0.2, -0.15) is 0 Å². The second-order valence-electron chi connectivity index (χ2n) is 5.70. The Morgan fingerprint density at radius 2 is 2.09 bits per heavy atom. The SMILES string of the molecule is Cc1occc1C(=O)NC1CCN(C(=O)CC(C)N)CC1.Cl. The normalized spacial score (nSPS) is 16.8. The molecule has 1 fully saturated rings. The average Bonchev–Trinajstić information content (AvgIpc) is 2.85. The fourth-order valence-corrected chi connectivity index (χ4v) is 2.56. The van der Waals surface area contributed by atoms with Crippen LogP contribution >= 0.6 is 12.4 Å². The number of nitrogens with zero attached hydrogens (tertiary/aromatic N) is 1. The summed E-state index contributed by atoms with van der Waals surface area (Å²) in [5.74, 6) is 0.610. The summed E-state index contributed by atoms with van der Waals surface area (Å²) in [6.07, 6.45) is 3.44. The van der Waals surface area contributed by atoms with Crippen LogP contribution in [-0.4, -0.2) is 41.9 Å². The van der Waals surface area contributed by atoms with Crippen molar-refractivity contribution in [2.24, 2.45) is 5.73 Å². The van der Waals surface area contributed by atoms with E-state index in [1.54, 1.807) is 13.0 Å². The largest absolute Gasteiger partial charge is 0.469 e. The first kappa shape index (κ1) is 18.5. The number of carbonyl (C=O) groups excluding carboxylic acids is 2. The van der Waals surface area contributed by atoms with Crippen LogP contribution in [0.1, 0.15) is 42.3 Å². The number of aryl methyl sites for hydroxylation is 1. The van der Waals surface area contributed by atoms with Crippen molar-refractivity contribution in [3.8, 4) is 0 Å². The van der Waals surface area contributed by atoms with Crippen molar-refractivity contribution in [2.45, 2.75) is 45.2 Å². The summed E-state index contributed by atoms with van der Waals surface area (Å²) in [6.45, 7) is 4.93. The molecule has 1 aliphatic heterocycles. The van der Waals surface area contributed by atoms with Gasteiger partial charge in [0.2, 0.25) is 5.91 Å². The van der Waals surface area contributed by atoms with Crippen LogP contribution in [0.4, 0.5) is 0 Å². The topological polar surface area (TPSA) is 88.6 Å². The van der Waals surface area contributed by atoms with E-state index < -0.39 is 0 Å². The highest BCUT2D eigenvalue weighted by Crippen LogP contribution is 2.14. The van der Waals surface area contributed by atoms with E-state index >= 15 is 0 Å². The molecule has 1 aliphatic rings. The Labute approximate surface area is 136 Å². The second-order valence-corrected chi connectivity index (χ2v) is 5.70. The lowest BCUT2D eigenvalue weighted by molar-refractivity contribution is -0.132. The molecular formula is C15H24ClN3O3. The van der Waals surface area contributed by atoms with E-state index in [-0.39, 0.29) is 36.3 Å².